The Kier molecular flexibility index (Phi) is 5.63. The minimum Gasteiger partial charge on any atom is -0.378 e. The van der Waals surface area contributed by atoms with Crippen LogP contribution >= 0.6 is 0 Å². The standard InChI is InChI=1S/C21H26N4O2/c26-20(10-9-16-5-2-1-3-6-16)23-18-7-4-8-19-17(18)15-22-21(24-19)25-11-13-27-14-12-25/h1-3,5-6,15,18H,4,7-14H2,(H,23,26). The van der Waals surface area contributed by atoms with E-state index in [9.17, 15) is 4.79 Å². The van der Waals surface area contributed by atoms with Crippen LogP contribution in [0.15, 0.2) is 36.5 Å². The van der Waals surface area contributed by atoms with Crippen molar-refractivity contribution in [2.45, 2.75) is 38.1 Å². The summed E-state index contributed by atoms with van der Waals surface area (Å²) in [7, 11) is 0. The summed E-state index contributed by atoms with van der Waals surface area (Å²) in [6.07, 6.45) is 6.11. The summed E-state index contributed by atoms with van der Waals surface area (Å²) in [6, 6.07) is 10.2. The Morgan fingerprint density at radius 2 is 2.04 bits per heavy atom. The van der Waals surface area contributed by atoms with Crippen molar-refractivity contribution in [3.8, 4) is 0 Å². The minimum absolute atomic E-state index is 0.0239. The molecule has 2 aromatic rings. The van der Waals surface area contributed by atoms with Gasteiger partial charge in [-0.05, 0) is 31.2 Å². The van der Waals surface area contributed by atoms with Crippen LogP contribution in [-0.4, -0.2) is 42.2 Å². The Labute approximate surface area is 160 Å². The lowest BCUT2D eigenvalue weighted by Gasteiger charge is -2.29. The number of anilines is 1. The van der Waals surface area contributed by atoms with Crippen LogP contribution in [0.25, 0.3) is 0 Å². The van der Waals surface area contributed by atoms with Gasteiger partial charge in [-0.25, -0.2) is 9.97 Å². The fraction of sp³-hybridized carbons (Fsp3) is 0.476. The largest absolute Gasteiger partial charge is 0.378 e. The Balaban J connectivity index is 1.39. The number of rotatable bonds is 5. The molecular weight excluding hydrogens is 340 g/mol. The van der Waals surface area contributed by atoms with Crippen LogP contribution in [0.3, 0.4) is 0 Å². The van der Waals surface area contributed by atoms with Gasteiger partial charge < -0.3 is 15.0 Å². The number of morpholine rings is 1. The van der Waals surface area contributed by atoms with E-state index < -0.39 is 0 Å². The summed E-state index contributed by atoms with van der Waals surface area (Å²) in [5, 5.41) is 3.19. The Hall–Kier alpha value is -2.47. The zero-order valence-electron chi connectivity index (χ0n) is 15.6. The van der Waals surface area contributed by atoms with Crippen molar-refractivity contribution in [2.75, 3.05) is 31.2 Å². The molecule has 1 aromatic carbocycles. The van der Waals surface area contributed by atoms with E-state index in [1.165, 1.54) is 5.56 Å². The monoisotopic (exact) mass is 366 g/mol. The normalized spacial score (nSPS) is 19.4. The summed E-state index contributed by atoms with van der Waals surface area (Å²) < 4.78 is 5.40. The molecule has 1 unspecified atom stereocenters. The SMILES string of the molecule is O=C(CCc1ccccc1)NC1CCCc2nc(N3CCOCC3)ncc21. The van der Waals surface area contributed by atoms with Crippen molar-refractivity contribution < 1.29 is 9.53 Å². The predicted molar refractivity (Wildman–Crippen MR) is 104 cm³/mol. The van der Waals surface area contributed by atoms with Gasteiger partial charge in [0, 0.05) is 31.3 Å². The van der Waals surface area contributed by atoms with E-state index in [0.717, 1.165) is 69.2 Å². The summed E-state index contributed by atoms with van der Waals surface area (Å²) in [6.45, 7) is 3.11. The summed E-state index contributed by atoms with van der Waals surface area (Å²) in [5.74, 6) is 0.877. The van der Waals surface area contributed by atoms with E-state index in [0.29, 0.717) is 6.42 Å². The van der Waals surface area contributed by atoms with Crippen molar-refractivity contribution in [1.82, 2.24) is 15.3 Å². The molecule has 2 heterocycles. The number of aryl methyl sites for hydroxylation is 2. The van der Waals surface area contributed by atoms with Crippen LogP contribution in [0.2, 0.25) is 0 Å². The lowest BCUT2D eigenvalue weighted by atomic mass is 9.92. The van der Waals surface area contributed by atoms with E-state index in [1.807, 2.05) is 24.4 Å². The average molecular weight is 366 g/mol. The molecule has 1 fully saturated rings. The van der Waals surface area contributed by atoms with Crippen LogP contribution in [0, 0.1) is 0 Å². The first-order valence-corrected chi connectivity index (χ1v) is 9.81. The number of nitrogens with one attached hydrogen (secondary N) is 1. The first kappa shape index (κ1) is 17.9. The molecule has 1 saturated heterocycles. The van der Waals surface area contributed by atoms with Crippen LogP contribution < -0.4 is 10.2 Å². The molecule has 6 heteroatoms. The molecule has 1 amide bonds. The van der Waals surface area contributed by atoms with E-state index >= 15 is 0 Å². The number of benzene rings is 1. The fourth-order valence-electron chi connectivity index (χ4n) is 3.77. The molecule has 0 bridgehead atoms. The highest BCUT2D eigenvalue weighted by molar-refractivity contribution is 5.76. The molecule has 0 saturated carbocycles. The van der Waals surface area contributed by atoms with Crippen molar-refractivity contribution in [3.05, 3.63) is 53.3 Å². The molecule has 1 aliphatic heterocycles. The van der Waals surface area contributed by atoms with Crippen LogP contribution in [0.1, 0.15) is 42.1 Å². The van der Waals surface area contributed by atoms with E-state index in [2.05, 4.69) is 27.3 Å². The topological polar surface area (TPSA) is 67.4 Å². The smallest absolute Gasteiger partial charge is 0.225 e. The lowest BCUT2D eigenvalue weighted by Crippen LogP contribution is -2.38. The molecule has 1 N–H and O–H groups in total. The van der Waals surface area contributed by atoms with Gasteiger partial charge in [0.05, 0.1) is 24.9 Å². The van der Waals surface area contributed by atoms with E-state index in [1.54, 1.807) is 0 Å². The zero-order chi connectivity index (χ0) is 18.5. The molecule has 2 aliphatic rings. The van der Waals surface area contributed by atoms with Crippen LogP contribution in [0.5, 0.6) is 0 Å². The number of carbonyl (C=O) groups is 1. The number of fused-ring (bicyclic) bond motifs is 1. The maximum atomic E-state index is 12.4. The van der Waals surface area contributed by atoms with E-state index in [4.69, 9.17) is 9.72 Å². The second-order valence-electron chi connectivity index (χ2n) is 7.17. The lowest BCUT2D eigenvalue weighted by molar-refractivity contribution is -0.121. The number of nitrogens with zero attached hydrogens (tertiary/aromatic N) is 3. The molecule has 1 atom stereocenters. The highest BCUT2D eigenvalue weighted by Gasteiger charge is 2.25. The molecule has 0 radical (unpaired) electrons. The summed E-state index contributed by atoms with van der Waals surface area (Å²) in [4.78, 5) is 24.0. The van der Waals surface area contributed by atoms with Gasteiger partial charge in [-0.1, -0.05) is 30.3 Å². The predicted octanol–water partition coefficient (Wildman–Crippen LogP) is 2.44. The Bertz CT molecular complexity index is 775. The Morgan fingerprint density at radius 1 is 1.22 bits per heavy atom. The number of aromatic nitrogens is 2. The first-order chi connectivity index (χ1) is 13.3. The third kappa shape index (κ3) is 4.45. The highest BCUT2D eigenvalue weighted by atomic mass is 16.5. The van der Waals surface area contributed by atoms with Gasteiger partial charge >= 0.3 is 0 Å². The van der Waals surface area contributed by atoms with Crippen molar-refractivity contribution in [1.29, 1.82) is 0 Å². The van der Waals surface area contributed by atoms with Crippen molar-refractivity contribution >= 4 is 11.9 Å². The maximum Gasteiger partial charge on any atom is 0.225 e. The third-order valence-corrected chi connectivity index (χ3v) is 5.28. The van der Waals surface area contributed by atoms with Gasteiger partial charge in [0.2, 0.25) is 11.9 Å². The number of carbonyl (C=O) groups excluding carboxylic acids is 1. The number of hydrogen-bond acceptors (Lipinski definition) is 5. The molecule has 27 heavy (non-hydrogen) atoms. The number of amides is 1. The second kappa shape index (κ2) is 8.48. The summed E-state index contributed by atoms with van der Waals surface area (Å²) >= 11 is 0. The highest BCUT2D eigenvalue weighted by Crippen LogP contribution is 2.29. The van der Waals surface area contributed by atoms with Crippen molar-refractivity contribution in [2.24, 2.45) is 0 Å². The zero-order valence-corrected chi connectivity index (χ0v) is 15.6. The van der Waals surface area contributed by atoms with Crippen LogP contribution in [0.4, 0.5) is 5.95 Å². The van der Waals surface area contributed by atoms with Gasteiger partial charge in [-0.15, -0.1) is 0 Å². The third-order valence-electron chi connectivity index (χ3n) is 5.28. The van der Waals surface area contributed by atoms with Crippen LogP contribution in [-0.2, 0) is 22.4 Å². The van der Waals surface area contributed by atoms with E-state index in [-0.39, 0.29) is 11.9 Å². The molecule has 1 aromatic heterocycles. The second-order valence-corrected chi connectivity index (χ2v) is 7.17. The molecule has 4 rings (SSSR count). The molecule has 1 aliphatic carbocycles. The summed E-state index contributed by atoms with van der Waals surface area (Å²) in [5.41, 5.74) is 3.34. The van der Waals surface area contributed by atoms with Gasteiger partial charge in [-0.2, -0.15) is 0 Å². The van der Waals surface area contributed by atoms with Gasteiger partial charge in [-0.3, -0.25) is 4.79 Å². The maximum absolute atomic E-state index is 12.4. The average Bonchev–Trinajstić information content (AvgIpc) is 2.73. The number of hydrogen-bond donors (Lipinski definition) is 1. The van der Waals surface area contributed by atoms with Gasteiger partial charge in [0.15, 0.2) is 0 Å². The first-order valence-electron chi connectivity index (χ1n) is 9.81. The van der Waals surface area contributed by atoms with Gasteiger partial charge in [0.25, 0.3) is 0 Å². The fourth-order valence-corrected chi connectivity index (χ4v) is 3.77. The van der Waals surface area contributed by atoms with Crippen molar-refractivity contribution in [3.63, 3.8) is 0 Å². The quantitative estimate of drug-likeness (QED) is 0.880. The number of ether oxygens (including phenoxy) is 1. The molecule has 0 spiro atoms. The molecule has 6 nitrogen and oxygen atoms in total. The van der Waals surface area contributed by atoms with Gasteiger partial charge in [0.1, 0.15) is 0 Å². The minimum atomic E-state index is 0.0239. The molecule has 142 valence electrons. The Morgan fingerprint density at radius 3 is 2.85 bits per heavy atom. The molecular formula is C21H26N4O2.